The van der Waals surface area contributed by atoms with Gasteiger partial charge in [0.15, 0.2) is 0 Å². The van der Waals surface area contributed by atoms with Gasteiger partial charge in [-0.1, -0.05) is 28.4 Å². The maximum absolute atomic E-state index is 5.56. The Hall–Kier alpha value is -0.0200. The second kappa shape index (κ2) is 5.16. The van der Waals surface area contributed by atoms with Crippen molar-refractivity contribution in [3.63, 3.8) is 0 Å². The maximum Gasteiger partial charge on any atom is 0.133 e. The van der Waals surface area contributed by atoms with Crippen molar-refractivity contribution in [2.75, 3.05) is 6.61 Å². The molecule has 3 atom stereocenters. The lowest BCUT2D eigenvalue weighted by Crippen LogP contribution is -1.99. The molecule has 98 valence electrons. The Morgan fingerprint density at radius 3 is 2.67 bits per heavy atom. The van der Waals surface area contributed by atoms with E-state index < -0.39 is 0 Å². The minimum Gasteiger partial charge on any atom is -0.493 e. The number of hydrogen-bond acceptors (Lipinski definition) is 1. The van der Waals surface area contributed by atoms with Crippen LogP contribution >= 0.6 is 31.9 Å². The van der Waals surface area contributed by atoms with Crippen molar-refractivity contribution in [2.24, 2.45) is 17.8 Å². The topological polar surface area (TPSA) is 9.23 Å². The summed E-state index contributed by atoms with van der Waals surface area (Å²) in [5.74, 6) is 3.78. The number of hydrogen-bond donors (Lipinski definition) is 0. The molecule has 1 nitrogen and oxygen atoms in total. The lowest BCUT2D eigenvalue weighted by atomic mass is 10.0. The highest BCUT2D eigenvalue weighted by Crippen LogP contribution is 2.64. The Labute approximate surface area is 126 Å². The first kappa shape index (κ1) is 13.0. The van der Waals surface area contributed by atoms with Gasteiger partial charge in [-0.3, -0.25) is 0 Å². The number of fused-ring (bicyclic) bond motifs is 1. The van der Waals surface area contributed by atoms with Gasteiger partial charge in [0.2, 0.25) is 0 Å². The highest BCUT2D eigenvalue weighted by atomic mass is 79.9. The molecule has 1 aromatic carbocycles. The summed E-state index contributed by atoms with van der Waals surface area (Å²) in [4.78, 5) is 0.514. The average Bonchev–Trinajstić information content (AvgIpc) is 2.84. The molecule has 2 aliphatic rings. The minimum atomic E-state index is 0.514. The fraction of sp³-hybridized carbons (Fsp3) is 0.600. The zero-order chi connectivity index (χ0) is 12.7. The minimum absolute atomic E-state index is 0.514. The Morgan fingerprint density at radius 2 is 2.06 bits per heavy atom. The molecule has 3 heteroatoms. The highest BCUT2D eigenvalue weighted by molar-refractivity contribution is 9.10. The molecule has 0 radical (unpaired) electrons. The molecule has 0 N–H and O–H groups in total. The molecule has 2 aliphatic carbocycles. The van der Waals surface area contributed by atoms with Gasteiger partial charge >= 0.3 is 0 Å². The Bertz CT molecular complexity index is 436. The summed E-state index contributed by atoms with van der Waals surface area (Å²) in [6, 6.07) is 6.48. The fourth-order valence-electron chi connectivity index (χ4n) is 3.49. The van der Waals surface area contributed by atoms with Gasteiger partial charge in [0.05, 0.1) is 11.1 Å². The van der Waals surface area contributed by atoms with E-state index >= 15 is 0 Å². The maximum atomic E-state index is 5.56. The molecular formula is C15H18Br2O. The van der Waals surface area contributed by atoms with E-state index in [1.54, 1.807) is 0 Å². The number of benzene rings is 1. The van der Waals surface area contributed by atoms with E-state index in [-0.39, 0.29) is 0 Å². The van der Waals surface area contributed by atoms with Crippen molar-refractivity contribution in [3.05, 3.63) is 28.2 Å². The summed E-state index contributed by atoms with van der Waals surface area (Å²) in [7, 11) is 0. The van der Waals surface area contributed by atoms with Crippen LogP contribution in [0.1, 0.15) is 36.6 Å². The first-order chi connectivity index (χ1) is 8.72. The van der Waals surface area contributed by atoms with Gasteiger partial charge in [-0.2, -0.15) is 0 Å². The molecule has 0 saturated heterocycles. The Balaban J connectivity index is 1.74. The molecule has 0 heterocycles. The quantitative estimate of drug-likeness (QED) is 0.648. The molecule has 0 aliphatic heterocycles. The number of ether oxygens (including phenoxy) is 1. The van der Waals surface area contributed by atoms with Crippen LogP contribution in [-0.4, -0.2) is 6.61 Å². The monoisotopic (exact) mass is 372 g/mol. The first-order valence-corrected chi connectivity index (χ1v) is 8.49. The summed E-state index contributed by atoms with van der Waals surface area (Å²) in [5, 5.41) is 0. The molecule has 2 fully saturated rings. The third-order valence-electron chi connectivity index (χ3n) is 4.38. The van der Waals surface area contributed by atoms with Crippen molar-refractivity contribution >= 4 is 31.9 Å². The van der Waals surface area contributed by atoms with Crippen LogP contribution in [0.25, 0.3) is 0 Å². The van der Waals surface area contributed by atoms with Crippen LogP contribution in [0.2, 0.25) is 0 Å². The number of rotatable bonds is 4. The first-order valence-electron chi connectivity index (χ1n) is 6.78. The number of halogens is 2. The largest absolute Gasteiger partial charge is 0.493 e. The van der Waals surface area contributed by atoms with E-state index in [1.807, 2.05) is 6.92 Å². The lowest BCUT2D eigenvalue weighted by Gasteiger charge is -2.14. The van der Waals surface area contributed by atoms with Crippen LogP contribution in [0.5, 0.6) is 5.75 Å². The molecule has 0 spiro atoms. The normalized spacial score (nSPS) is 30.9. The van der Waals surface area contributed by atoms with E-state index in [2.05, 4.69) is 50.1 Å². The van der Waals surface area contributed by atoms with Crippen molar-refractivity contribution in [1.29, 1.82) is 0 Å². The van der Waals surface area contributed by atoms with Gasteiger partial charge in [0.1, 0.15) is 5.75 Å². The van der Waals surface area contributed by atoms with Gasteiger partial charge in [-0.15, -0.1) is 0 Å². The van der Waals surface area contributed by atoms with Gasteiger partial charge in [0.25, 0.3) is 0 Å². The smallest absolute Gasteiger partial charge is 0.133 e. The molecule has 18 heavy (non-hydrogen) atoms. The van der Waals surface area contributed by atoms with E-state index in [9.17, 15) is 0 Å². The highest BCUT2D eigenvalue weighted by Gasteiger charge is 2.55. The van der Waals surface area contributed by atoms with Crippen molar-refractivity contribution in [2.45, 2.75) is 31.0 Å². The summed E-state index contributed by atoms with van der Waals surface area (Å²) >= 11 is 7.51. The van der Waals surface area contributed by atoms with Crippen molar-refractivity contribution in [1.82, 2.24) is 0 Å². The van der Waals surface area contributed by atoms with Crippen LogP contribution in [0.15, 0.2) is 22.7 Å². The second-order valence-electron chi connectivity index (χ2n) is 5.36. The third-order valence-corrected chi connectivity index (χ3v) is 6.14. The molecule has 0 aromatic heterocycles. The van der Waals surface area contributed by atoms with Crippen LogP contribution in [-0.2, 0) is 0 Å². The second-order valence-corrected chi connectivity index (χ2v) is 7.20. The van der Waals surface area contributed by atoms with Crippen LogP contribution < -0.4 is 4.74 Å². The molecular weight excluding hydrogens is 356 g/mol. The Kier molecular flexibility index (Phi) is 3.72. The SMILES string of the molecule is CCOc1ccc(C(Br)C2C3CCCC32)cc1Br. The van der Waals surface area contributed by atoms with Crippen LogP contribution in [0.4, 0.5) is 0 Å². The lowest BCUT2D eigenvalue weighted by molar-refractivity contribution is 0.338. The van der Waals surface area contributed by atoms with E-state index in [0.717, 1.165) is 28.0 Å². The molecule has 2 saturated carbocycles. The zero-order valence-electron chi connectivity index (χ0n) is 10.5. The Morgan fingerprint density at radius 1 is 1.33 bits per heavy atom. The molecule has 0 amide bonds. The predicted octanol–water partition coefficient (Wildman–Crippen LogP) is 5.33. The summed E-state index contributed by atoms with van der Waals surface area (Å²) < 4.78 is 6.63. The molecule has 0 bridgehead atoms. The van der Waals surface area contributed by atoms with Gasteiger partial charge in [-0.05, 0) is 71.1 Å². The van der Waals surface area contributed by atoms with Crippen molar-refractivity contribution < 1.29 is 4.74 Å². The van der Waals surface area contributed by atoms with Gasteiger partial charge in [0, 0.05) is 4.83 Å². The van der Waals surface area contributed by atoms with Crippen LogP contribution in [0.3, 0.4) is 0 Å². The standard InChI is InChI=1S/C15H18Br2O/c1-2-18-13-7-6-9(8-12(13)16)15(17)14-10-4-3-5-11(10)14/h6-8,10-11,14-15H,2-5H2,1H3. The summed E-state index contributed by atoms with van der Waals surface area (Å²) in [6.45, 7) is 2.72. The number of alkyl halides is 1. The third kappa shape index (κ3) is 2.24. The molecule has 3 rings (SSSR count). The van der Waals surface area contributed by atoms with Crippen molar-refractivity contribution in [3.8, 4) is 5.75 Å². The average molecular weight is 374 g/mol. The predicted molar refractivity (Wildman–Crippen MR) is 81.3 cm³/mol. The molecule has 1 aromatic rings. The fourth-order valence-corrected chi connectivity index (χ4v) is 5.07. The zero-order valence-corrected chi connectivity index (χ0v) is 13.7. The van der Waals surface area contributed by atoms with Gasteiger partial charge < -0.3 is 4.74 Å². The van der Waals surface area contributed by atoms with E-state index in [1.165, 1.54) is 24.8 Å². The van der Waals surface area contributed by atoms with E-state index in [0.29, 0.717) is 11.4 Å². The van der Waals surface area contributed by atoms with E-state index in [4.69, 9.17) is 4.74 Å². The summed E-state index contributed by atoms with van der Waals surface area (Å²) in [5.41, 5.74) is 1.38. The molecule has 3 unspecified atom stereocenters. The van der Waals surface area contributed by atoms with Crippen LogP contribution in [0, 0.1) is 17.8 Å². The summed E-state index contributed by atoms with van der Waals surface area (Å²) in [6.07, 6.45) is 4.32. The van der Waals surface area contributed by atoms with Gasteiger partial charge in [-0.25, -0.2) is 0 Å².